The standard InChI is InChI=1S/C11H10N3O2.2Y/c1-2-16-11(15)10(13-14-12)8-9-6-4-3-5-7-9;;/h3-6,8H,2H2,1H3;;/q-1;;/b10-8+;;. The van der Waals surface area contributed by atoms with Gasteiger partial charge in [0, 0.05) is 70.3 Å². The second kappa shape index (κ2) is 12.0. The molecule has 0 spiro atoms. The van der Waals surface area contributed by atoms with Gasteiger partial charge in [0.25, 0.3) is 0 Å². The molecule has 7 heteroatoms. The van der Waals surface area contributed by atoms with Gasteiger partial charge in [-0.3, -0.25) is 0 Å². The van der Waals surface area contributed by atoms with Crippen LogP contribution in [0.1, 0.15) is 12.5 Å². The van der Waals surface area contributed by atoms with Crippen molar-refractivity contribution in [1.82, 2.24) is 0 Å². The maximum atomic E-state index is 11.4. The van der Waals surface area contributed by atoms with Gasteiger partial charge in [-0.1, -0.05) is 5.11 Å². The van der Waals surface area contributed by atoms with Crippen LogP contribution in [0.5, 0.6) is 0 Å². The van der Waals surface area contributed by atoms with Crippen LogP contribution in [0.3, 0.4) is 0 Å². The summed E-state index contributed by atoms with van der Waals surface area (Å²) in [5, 5.41) is 3.29. The summed E-state index contributed by atoms with van der Waals surface area (Å²) < 4.78 is 4.74. The maximum absolute atomic E-state index is 11.4. The molecule has 1 aromatic rings. The van der Waals surface area contributed by atoms with E-state index in [1.54, 1.807) is 31.2 Å². The monoisotopic (exact) mass is 394 g/mol. The van der Waals surface area contributed by atoms with E-state index in [-0.39, 0.29) is 77.7 Å². The van der Waals surface area contributed by atoms with E-state index in [2.05, 4.69) is 16.1 Å². The Morgan fingerprint density at radius 3 is 2.78 bits per heavy atom. The molecule has 0 aliphatic carbocycles. The van der Waals surface area contributed by atoms with Crippen LogP contribution in [0.2, 0.25) is 0 Å². The molecule has 18 heavy (non-hydrogen) atoms. The molecule has 2 radical (unpaired) electrons. The smallest absolute Gasteiger partial charge is 0.331 e. The predicted octanol–water partition coefficient (Wildman–Crippen LogP) is 2.70. The first kappa shape index (κ1) is 20.3. The number of carbonyl (C=O) groups excluding carboxylic acids is 1. The fraction of sp³-hybridized carbons (Fsp3) is 0.182. The minimum absolute atomic E-state index is 0. The minimum atomic E-state index is -0.641. The van der Waals surface area contributed by atoms with Gasteiger partial charge < -0.3 is 4.74 Å². The van der Waals surface area contributed by atoms with E-state index in [0.717, 1.165) is 0 Å². The van der Waals surface area contributed by atoms with Gasteiger partial charge in [-0.15, -0.1) is 42.0 Å². The molecule has 88 valence electrons. The van der Waals surface area contributed by atoms with Gasteiger partial charge in [0.1, 0.15) is 0 Å². The largest absolute Gasteiger partial charge is 0.463 e. The molecule has 0 aliphatic rings. The Morgan fingerprint density at radius 1 is 1.56 bits per heavy atom. The molecular formula is C11H10N3O2Y2-. The molecule has 0 fully saturated rings. The molecule has 0 N–H and O–H groups in total. The van der Waals surface area contributed by atoms with E-state index >= 15 is 0 Å². The van der Waals surface area contributed by atoms with Crippen LogP contribution in [0.25, 0.3) is 16.5 Å². The first-order valence-corrected chi connectivity index (χ1v) is 4.68. The fourth-order valence-corrected chi connectivity index (χ4v) is 1.03. The van der Waals surface area contributed by atoms with Gasteiger partial charge in [-0.25, -0.2) is 4.79 Å². The topological polar surface area (TPSA) is 75.1 Å². The summed E-state index contributed by atoms with van der Waals surface area (Å²) in [6.45, 7) is 1.91. The average Bonchev–Trinajstić information content (AvgIpc) is 2.30. The van der Waals surface area contributed by atoms with E-state index in [1.165, 1.54) is 6.08 Å². The van der Waals surface area contributed by atoms with Crippen molar-refractivity contribution in [2.75, 3.05) is 6.61 Å². The zero-order valence-electron chi connectivity index (χ0n) is 9.91. The first-order chi connectivity index (χ1) is 7.77. The molecule has 0 amide bonds. The number of ether oxygens (including phenoxy) is 1. The van der Waals surface area contributed by atoms with Gasteiger partial charge >= 0.3 is 5.97 Å². The zero-order valence-corrected chi connectivity index (χ0v) is 15.6. The SMILES string of the molecule is CCOC(=O)/C(=C\c1[c-]cccc1)N=[N+]=[N-].[Y].[Y]. The third-order valence-corrected chi connectivity index (χ3v) is 1.66. The molecule has 0 aliphatic heterocycles. The minimum Gasteiger partial charge on any atom is -0.463 e. The van der Waals surface area contributed by atoms with Crippen LogP contribution in [0.15, 0.2) is 35.1 Å². The number of rotatable bonds is 4. The van der Waals surface area contributed by atoms with E-state index in [9.17, 15) is 4.79 Å². The average molecular weight is 394 g/mol. The Bertz CT molecular complexity index is 443. The van der Waals surface area contributed by atoms with Crippen molar-refractivity contribution in [3.05, 3.63) is 52.0 Å². The molecule has 1 rings (SSSR count). The molecule has 0 aromatic heterocycles. The summed E-state index contributed by atoms with van der Waals surface area (Å²) in [5.41, 5.74) is 8.91. The molecular weight excluding hydrogens is 384 g/mol. The third kappa shape index (κ3) is 7.40. The van der Waals surface area contributed by atoms with Crippen LogP contribution < -0.4 is 0 Å². The summed E-state index contributed by atoms with van der Waals surface area (Å²) in [6.07, 6.45) is 1.43. The number of hydrogen-bond donors (Lipinski definition) is 0. The molecule has 0 heterocycles. The summed E-state index contributed by atoms with van der Waals surface area (Å²) >= 11 is 0. The quantitative estimate of drug-likeness (QED) is 0.197. The Morgan fingerprint density at radius 2 is 2.28 bits per heavy atom. The fourth-order valence-electron chi connectivity index (χ4n) is 1.03. The van der Waals surface area contributed by atoms with Crippen molar-refractivity contribution in [3.8, 4) is 0 Å². The van der Waals surface area contributed by atoms with Crippen LogP contribution in [-0.4, -0.2) is 12.6 Å². The summed E-state index contributed by atoms with van der Waals surface area (Å²) in [7, 11) is 0. The summed E-state index contributed by atoms with van der Waals surface area (Å²) in [4.78, 5) is 13.9. The number of hydrogen-bond acceptors (Lipinski definition) is 3. The van der Waals surface area contributed by atoms with E-state index in [4.69, 9.17) is 10.3 Å². The van der Waals surface area contributed by atoms with Gasteiger partial charge in [0.15, 0.2) is 0 Å². The van der Waals surface area contributed by atoms with Crippen LogP contribution >= 0.6 is 0 Å². The van der Waals surface area contributed by atoms with Crippen molar-refractivity contribution in [1.29, 1.82) is 0 Å². The number of esters is 1. The van der Waals surface area contributed by atoms with E-state index in [1.807, 2.05) is 0 Å². The number of benzene rings is 1. The second-order valence-electron chi connectivity index (χ2n) is 2.76. The molecule has 5 nitrogen and oxygen atoms in total. The van der Waals surface area contributed by atoms with Gasteiger partial charge in [-0.05, 0) is 12.5 Å². The third-order valence-electron chi connectivity index (χ3n) is 1.66. The Kier molecular flexibility index (Phi) is 13.5. The molecule has 0 saturated carbocycles. The molecule has 0 atom stereocenters. The van der Waals surface area contributed by atoms with Gasteiger partial charge in [-0.2, -0.15) is 0 Å². The summed E-state index contributed by atoms with van der Waals surface area (Å²) in [5.74, 6) is -0.641. The van der Waals surface area contributed by atoms with Crippen molar-refractivity contribution >= 4 is 12.0 Å². The molecule has 0 bridgehead atoms. The predicted molar refractivity (Wildman–Crippen MR) is 59.0 cm³/mol. The van der Waals surface area contributed by atoms with Crippen LogP contribution in [0.4, 0.5) is 0 Å². The Labute approximate surface area is 156 Å². The Balaban J connectivity index is 0. The Hall–Kier alpha value is -0.0522. The van der Waals surface area contributed by atoms with Crippen LogP contribution in [0, 0.1) is 6.07 Å². The number of carbonyl (C=O) groups is 1. The molecule has 0 unspecified atom stereocenters. The molecule has 0 saturated heterocycles. The maximum Gasteiger partial charge on any atom is 0.331 e. The first-order valence-electron chi connectivity index (χ1n) is 4.68. The van der Waals surface area contributed by atoms with Crippen molar-refractivity contribution in [2.45, 2.75) is 6.92 Å². The van der Waals surface area contributed by atoms with Crippen LogP contribution in [-0.2, 0) is 74.9 Å². The summed E-state index contributed by atoms with van der Waals surface area (Å²) in [6, 6.07) is 9.92. The number of azide groups is 1. The van der Waals surface area contributed by atoms with E-state index < -0.39 is 5.97 Å². The normalized spacial score (nSPS) is 9.28. The van der Waals surface area contributed by atoms with Gasteiger partial charge in [0.2, 0.25) is 0 Å². The van der Waals surface area contributed by atoms with Crippen molar-refractivity contribution in [3.63, 3.8) is 0 Å². The van der Waals surface area contributed by atoms with Crippen molar-refractivity contribution in [2.24, 2.45) is 5.11 Å². The molecule has 1 aromatic carbocycles. The second-order valence-corrected chi connectivity index (χ2v) is 2.76. The van der Waals surface area contributed by atoms with Crippen molar-refractivity contribution < 1.29 is 74.9 Å². The number of nitrogens with zero attached hydrogens (tertiary/aromatic N) is 3. The van der Waals surface area contributed by atoms with Gasteiger partial charge in [0.05, 0.1) is 12.3 Å². The van der Waals surface area contributed by atoms with E-state index in [0.29, 0.717) is 5.56 Å². The zero-order chi connectivity index (χ0) is 11.8.